The minimum atomic E-state index is -0.582. The van der Waals surface area contributed by atoms with Gasteiger partial charge in [-0.15, -0.1) is 0 Å². The number of carbonyl (C=O) groups is 2. The number of hydrogen-bond donors (Lipinski definition) is 2. The monoisotopic (exact) mass is 444 g/mol. The molecule has 1 heterocycles. The SMILES string of the molecule is NC(=O)c1ccccc1CN(C(=O)c1cnc(N)s1)[C@@H]1CCc2c(F)cc(Cl)cc21. The number of rotatable bonds is 5. The van der Waals surface area contributed by atoms with Gasteiger partial charge in [-0.1, -0.05) is 41.1 Å². The van der Waals surface area contributed by atoms with Gasteiger partial charge in [-0.2, -0.15) is 0 Å². The molecule has 0 spiro atoms. The van der Waals surface area contributed by atoms with Gasteiger partial charge in [-0.05, 0) is 47.7 Å². The molecule has 9 heteroatoms. The van der Waals surface area contributed by atoms with Crippen molar-refractivity contribution < 1.29 is 14.0 Å². The van der Waals surface area contributed by atoms with Gasteiger partial charge in [0.1, 0.15) is 10.7 Å². The predicted octanol–water partition coefficient (Wildman–Crippen LogP) is 3.95. The highest BCUT2D eigenvalue weighted by molar-refractivity contribution is 7.17. The summed E-state index contributed by atoms with van der Waals surface area (Å²) >= 11 is 7.17. The number of benzene rings is 2. The lowest BCUT2D eigenvalue weighted by Crippen LogP contribution is -2.34. The van der Waals surface area contributed by atoms with E-state index in [2.05, 4.69) is 4.98 Å². The minimum Gasteiger partial charge on any atom is -0.375 e. The molecule has 0 saturated heterocycles. The minimum absolute atomic E-state index is 0.119. The highest BCUT2D eigenvalue weighted by Crippen LogP contribution is 2.40. The number of aromatic nitrogens is 1. The van der Waals surface area contributed by atoms with Crippen molar-refractivity contribution in [1.82, 2.24) is 9.88 Å². The molecule has 1 aliphatic rings. The summed E-state index contributed by atoms with van der Waals surface area (Å²) in [6.45, 7) is 0.119. The first kappa shape index (κ1) is 20.3. The van der Waals surface area contributed by atoms with Crippen molar-refractivity contribution in [1.29, 1.82) is 0 Å². The number of nitrogens with two attached hydrogens (primary N) is 2. The lowest BCUT2D eigenvalue weighted by atomic mass is 10.0. The highest BCUT2D eigenvalue weighted by Gasteiger charge is 2.34. The lowest BCUT2D eigenvalue weighted by Gasteiger charge is -2.30. The van der Waals surface area contributed by atoms with Crippen LogP contribution in [0, 0.1) is 5.82 Å². The van der Waals surface area contributed by atoms with Crippen molar-refractivity contribution in [3.05, 3.63) is 80.6 Å². The molecule has 0 bridgehead atoms. The zero-order chi connectivity index (χ0) is 21.4. The Kier molecular flexibility index (Phi) is 5.44. The van der Waals surface area contributed by atoms with E-state index >= 15 is 0 Å². The summed E-state index contributed by atoms with van der Waals surface area (Å²) in [6.07, 6.45) is 2.43. The van der Waals surface area contributed by atoms with E-state index in [-0.39, 0.29) is 28.4 Å². The van der Waals surface area contributed by atoms with Crippen LogP contribution in [0.4, 0.5) is 9.52 Å². The molecule has 1 aromatic heterocycles. The number of primary amides is 1. The van der Waals surface area contributed by atoms with Gasteiger partial charge < -0.3 is 16.4 Å². The summed E-state index contributed by atoms with van der Waals surface area (Å²) in [5, 5.41) is 0.543. The summed E-state index contributed by atoms with van der Waals surface area (Å²) in [7, 11) is 0. The number of nitrogens with zero attached hydrogens (tertiary/aromatic N) is 2. The van der Waals surface area contributed by atoms with E-state index < -0.39 is 11.9 Å². The fraction of sp³-hybridized carbons (Fsp3) is 0.190. The molecule has 30 heavy (non-hydrogen) atoms. The third-order valence-electron chi connectivity index (χ3n) is 5.22. The maximum absolute atomic E-state index is 14.4. The van der Waals surface area contributed by atoms with Crippen molar-refractivity contribution in [2.75, 3.05) is 5.73 Å². The smallest absolute Gasteiger partial charge is 0.266 e. The molecule has 0 saturated carbocycles. The number of fused-ring (bicyclic) bond motifs is 1. The second-order valence-electron chi connectivity index (χ2n) is 7.03. The largest absolute Gasteiger partial charge is 0.375 e. The Balaban J connectivity index is 1.79. The molecule has 0 fully saturated rings. The van der Waals surface area contributed by atoms with Gasteiger partial charge in [-0.25, -0.2) is 9.37 Å². The molecule has 4 rings (SSSR count). The van der Waals surface area contributed by atoms with Crippen LogP contribution >= 0.6 is 22.9 Å². The number of carbonyl (C=O) groups excluding carboxylic acids is 2. The standard InChI is InChI=1S/C21H18ClFN4O2S/c22-12-7-15-14(16(23)8-12)5-6-17(15)27(20(29)18-9-26-21(25)30-18)10-11-3-1-2-4-13(11)19(24)28/h1-4,7-9,17H,5-6,10H2,(H2,24,28)(H2,25,26)/t17-/m1/s1. The van der Waals surface area contributed by atoms with E-state index in [0.717, 1.165) is 11.3 Å². The average Bonchev–Trinajstić information content (AvgIpc) is 3.32. The molecular formula is C21H18ClFN4O2S. The van der Waals surface area contributed by atoms with Gasteiger partial charge in [0.15, 0.2) is 5.13 Å². The molecule has 6 nitrogen and oxygen atoms in total. The van der Waals surface area contributed by atoms with E-state index in [4.69, 9.17) is 23.1 Å². The number of hydrogen-bond acceptors (Lipinski definition) is 5. The topological polar surface area (TPSA) is 102 Å². The Morgan fingerprint density at radius 2 is 2.07 bits per heavy atom. The summed E-state index contributed by atoms with van der Waals surface area (Å²) in [5.74, 6) is -1.27. The van der Waals surface area contributed by atoms with Crippen molar-refractivity contribution in [3.63, 3.8) is 0 Å². The fourth-order valence-corrected chi connectivity index (χ4v) is 4.73. The van der Waals surface area contributed by atoms with Crippen LogP contribution in [0.2, 0.25) is 5.02 Å². The van der Waals surface area contributed by atoms with Crippen LogP contribution in [0.5, 0.6) is 0 Å². The maximum atomic E-state index is 14.4. The van der Waals surface area contributed by atoms with Gasteiger partial charge in [0.05, 0.1) is 12.2 Å². The Morgan fingerprint density at radius 1 is 1.30 bits per heavy atom. The number of amides is 2. The number of thiazole rings is 1. The number of halogens is 2. The third-order valence-corrected chi connectivity index (χ3v) is 6.25. The molecule has 1 aliphatic carbocycles. The number of anilines is 1. The molecule has 0 unspecified atom stereocenters. The summed E-state index contributed by atoms with van der Waals surface area (Å²) < 4.78 is 14.4. The Bertz CT molecular complexity index is 1150. The zero-order valence-corrected chi connectivity index (χ0v) is 17.3. The van der Waals surface area contributed by atoms with E-state index in [1.165, 1.54) is 12.3 Å². The van der Waals surface area contributed by atoms with Crippen LogP contribution in [-0.2, 0) is 13.0 Å². The summed E-state index contributed by atoms with van der Waals surface area (Å²) in [4.78, 5) is 31.2. The third kappa shape index (κ3) is 3.76. The van der Waals surface area contributed by atoms with Crippen molar-refractivity contribution >= 4 is 39.9 Å². The van der Waals surface area contributed by atoms with Crippen LogP contribution in [0.25, 0.3) is 0 Å². The Hall–Kier alpha value is -2.97. The van der Waals surface area contributed by atoms with Crippen LogP contribution in [-0.4, -0.2) is 21.7 Å². The zero-order valence-electron chi connectivity index (χ0n) is 15.8. The predicted molar refractivity (Wildman–Crippen MR) is 114 cm³/mol. The Labute approximate surface area is 181 Å². The first-order valence-electron chi connectivity index (χ1n) is 9.23. The van der Waals surface area contributed by atoms with Crippen LogP contribution in [0.3, 0.4) is 0 Å². The quantitative estimate of drug-likeness (QED) is 0.622. The Morgan fingerprint density at radius 3 is 2.77 bits per heavy atom. The van der Waals surface area contributed by atoms with Crippen molar-refractivity contribution in [3.8, 4) is 0 Å². The van der Waals surface area contributed by atoms with Crippen LogP contribution in [0.15, 0.2) is 42.6 Å². The molecule has 1 atom stereocenters. The van der Waals surface area contributed by atoms with E-state index in [9.17, 15) is 14.0 Å². The lowest BCUT2D eigenvalue weighted by molar-refractivity contribution is 0.0661. The van der Waals surface area contributed by atoms with E-state index in [1.54, 1.807) is 35.2 Å². The molecule has 3 aromatic rings. The van der Waals surface area contributed by atoms with Gasteiger partial charge in [0.25, 0.3) is 5.91 Å². The highest BCUT2D eigenvalue weighted by atomic mass is 35.5. The average molecular weight is 445 g/mol. The molecule has 0 aliphatic heterocycles. The van der Waals surface area contributed by atoms with Gasteiger partial charge in [0, 0.05) is 17.1 Å². The van der Waals surface area contributed by atoms with E-state index in [1.807, 2.05) is 0 Å². The molecule has 0 radical (unpaired) electrons. The van der Waals surface area contributed by atoms with Crippen LogP contribution in [0.1, 0.15) is 49.2 Å². The van der Waals surface area contributed by atoms with Crippen molar-refractivity contribution in [2.24, 2.45) is 5.73 Å². The normalized spacial score (nSPS) is 15.1. The van der Waals surface area contributed by atoms with E-state index in [0.29, 0.717) is 40.0 Å². The first-order valence-corrected chi connectivity index (χ1v) is 10.4. The first-order chi connectivity index (χ1) is 14.3. The fourth-order valence-electron chi connectivity index (χ4n) is 3.88. The number of nitrogen functional groups attached to an aromatic ring is 1. The maximum Gasteiger partial charge on any atom is 0.266 e. The van der Waals surface area contributed by atoms with Gasteiger partial charge >= 0.3 is 0 Å². The van der Waals surface area contributed by atoms with Crippen LogP contribution < -0.4 is 11.5 Å². The van der Waals surface area contributed by atoms with Gasteiger partial charge in [-0.3, -0.25) is 9.59 Å². The molecule has 154 valence electrons. The molecular weight excluding hydrogens is 427 g/mol. The van der Waals surface area contributed by atoms with Crippen molar-refractivity contribution in [2.45, 2.75) is 25.4 Å². The van der Waals surface area contributed by atoms with Gasteiger partial charge in [0.2, 0.25) is 5.91 Å². The summed E-state index contributed by atoms with van der Waals surface area (Å²) in [6, 6.07) is 9.40. The molecule has 2 amide bonds. The molecule has 2 aromatic carbocycles. The second kappa shape index (κ2) is 8.04. The second-order valence-corrected chi connectivity index (χ2v) is 8.53. The summed E-state index contributed by atoms with van der Waals surface area (Å²) in [5.41, 5.74) is 13.4. The molecule has 4 N–H and O–H groups in total.